The molecule has 0 aliphatic carbocycles. The average molecular weight is 246 g/mol. The van der Waals surface area contributed by atoms with Crippen LogP contribution in [0.15, 0.2) is 27.6 Å². The van der Waals surface area contributed by atoms with Gasteiger partial charge in [0.15, 0.2) is 0 Å². The first-order valence-electron chi connectivity index (χ1n) is 3.81. The summed E-state index contributed by atoms with van der Waals surface area (Å²) in [5.41, 5.74) is 6.85. The Hall–Kier alpha value is 0.01000. The van der Waals surface area contributed by atoms with Crippen molar-refractivity contribution in [3.63, 3.8) is 0 Å². The predicted molar refractivity (Wildman–Crippen MR) is 58.7 cm³/mol. The lowest BCUT2D eigenvalue weighted by Gasteiger charge is -2.07. The Morgan fingerprint density at radius 3 is 2.83 bits per heavy atom. The lowest BCUT2D eigenvalue weighted by atomic mass is 10.1. The van der Waals surface area contributed by atoms with Gasteiger partial charge in [0.25, 0.3) is 0 Å². The molecule has 0 heterocycles. The Bertz CT molecular complexity index is 263. The standard InChI is InChI=1S/C9H12BrNS/c1-12-9-4-2-3-8(10)7(9)5-6-11/h2-4H,5-6,11H2,1H3. The highest BCUT2D eigenvalue weighted by atomic mass is 79.9. The number of halogens is 1. The molecule has 1 aromatic carbocycles. The van der Waals surface area contributed by atoms with Crippen LogP contribution in [-0.4, -0.2) is 12.8 Å². The summed E-state index contributed by atoms with van der Waals surface area (Å²) in [6.45, 7) is 0.705. The van der Waals surface area contributed by atoms with E-state index in [1.165, 1.54) is 14.9 Å². The molecule has 0 saturated carbocycles. The molecule has 2 N–H and O–H groups in total. The van der Waals surface area contributed by atoms with Gasteiger partial charge in [-0.2, -0.15) is 0 Å². The van der Waals surface area contributed by atoms with Crippen LogP contribution in [0.2, 0.25) is 0 Å². The third-order valence-corrected chi connectivity index (χ3v) is 3.26. The van der Waals surface area contributed by atoms with Crippen molar-refractivity contribution >= 4 is 27.7 Å². The fraction of sp³-hybridized carbons (Fsp3) is 0.333. The molecule has 0 aromatic heterocycles. The molecule has 0 aliphatic rings. The minimum atomic E-state index is 0.705. The van der Waals surface area contributed by atoms with Gasteiger partial charge in [-0.15, -0.1) is 11.8 Å². The summed E-state index contributed by atoms with van der Waals surface area (Å²) in [6, 6.07) is 6.24. The van der Waals surface area contributed by atoms with Gasteiger partial charge in [0, 0.05) is 9.37 Å². The Kier molecular flexibility index (Phi) is 4.12. The van der Waals surface area contributed by atoms with E-state index in [0.717, 1.165) is 6.42 Å². The van der Waals surface area contributed by atoms with Gasteiger partial charge < -0.3 is 5.73 Å². The van der Waals surface area contributed by atoms with Gasteiger partial charge in [0.2, 0.25) is 0 Å². The first-order valence-corrected chi connectivity index (χ1v) is 5.82. The summed E-state index contributed by atoms with van der Waals surface area (Å²) in [5.74, 6) is 0. The summed E-state index contributed by atoms with van der Waals surface area (Å²) < 4.78 is 1.17. The van der Waals surface area contributed by atoms with Crippen molar-refractivity contribution in [3.8, 4) is 0 Å². The number of benzene rings is 1. The summed E-state index contributed by atoms with van der Waals surface area (Å²) in [7, 11) is 0. The highest BCUT2D eigenvalue weighted by Crippen LogP contribution is 2.27. The molecule has 0 atom stereocenters. The fourth-order valence-corrected chi connectivity index (χ4v) is 2.49. The smallest absolute Gasteiger partial charge is 0.0218 e. The van der Waals surface area contributed by atoms with Gasteiger partial charge in [-0.1, -0.05) is 22.0 Å². The van der Waals surface area contributed by atoms with Crippen molar-refractivity contribution < 1.29 is 0 Å². The van der Waals surface area contributed by atoms with E-state index in [-0.39, 0.29) is 0 Å². The molecule has 0 aliphatic heterocycles. The Morgan fingerprint density at radius 1 is 1.50 bits per heavy atom. The molecule has 12 heavy (non-hydrogen) atoms. The van der Waals surface area contributed by atoms with Crippen molar-refractivity contribution in [2.45, 2.75) is 11.3 Å². The molecule has 0 radical (unpaired) electrons. The second kappa shape index (κ2) is 4.90. The van der Waals surface area contributed by atoms with Crippen molar-refractivity contribution in [1.29, 1.82) is 0 Å². The summed E-state index contributed by atoms with van der Waals surface area (Å²) in [6.07, 6.45) is 3.03. The van der Waals surface area contributed by atoms with Crippen molar-refractivity contribution in [1.82, 2.24) is 0 Å². The summed E-state index contributed by atoms with van der Waals surface area (Å²) in [5, 5.41) is 0. The Labute approximate surface area is 85.9 Å². The van der Waals surface area contributed by atoms with E-state index in [9.17, 15) is 0 Å². The molecule has 0 fully saturated rings. The summed E-state index contributed by atoms with van der Waals surface area (Å²) >= 11 is 5.28. The van der Waals surface area contributed by atoms with Crippen LogP contribution in [0.3, 0.4) is 0 Å². The second-order valence-electron chi connectivity index (χ2n) is 2.46. The van der Waals surface area contributed by atoms with Gasteiger partial charge >= 0.3 is 0 Å². The third-order valence-electron chi connectivity index (χ3n) is 1.69. The number of rotatable bonds is 3. The van der Waals surface area contributed by atoms with E-state index in [1.807, 2.05) is 0 Å². The molecule has 3 heteroatoms. The molecule has 1 rings (SSSR count). The van der Waals surface area contributed by atoms with Crippen molar-refractivity contribution in [3.05, 3.63) is 28.2 Å². The van der Waals surface area contributed by atoms with Gasteiger partial charge in [-0.3, -0.25) is 0 Å². The van der Waals surface area contributed by atoms with Crippen LogP contribution in [-0.2, 0) is 6.42 Å². The molecule has 0 amide bonds. The first kappa shape index (κ1) is 10.1. The predicted octanol–water partition coefficient (Wildman–Crippen LogP) is 2.67. The molecule has 0 bridgehead atoms. The molecular weight excluding hydrogens is 234 g/mol. The Morgan fingerprint density at radius 2 is 2.25 bits per heavy atom. The third kappa shape index (κ3) is 2.25. The zero-order chi connectivity index (χ0) is 8.97. The van der Waals surface area contributed by atoms with Crippen LogP contribution in [0, 0.1) is 0 Å². The van der Waals surface area contributed by atoms with Gasteiger partial charge in [-0.05, 0) is 36.9 Å². The number of hydrogen-bond acceptors (Lipinski definition) is 2. The zero-order valence-electron chi connectivity index (χ0n) is 7.01. The quantitative estimate of drug-likeness (QED) is 0.830. The normalized spacial score (nSPS) is 10.2. The number of thioether (sulfide) groups is 1. The molecular formula is C9H12BrNS. The highest BCUT2D eigenvalue weighted by Gasteiger charge is 2.03. The van der Waals surface area contributed by atoms with E-state index >= 15 is 0 Å². The fourth-order valence-electron chi connectivity index (χ4n) is 1.12. The molecule has 0 saturated heterocycles. The van der Waals surface area contributed by atoms with Crippen LogP contribution < -0.4 is 5.73 Å². The van der Waals surface area contributed by atoms with Crippen molar-refractivity contribution in [2.24, 2.45) is 5.73 Å². The molecule has 66 valence electrons. The van der Waals surface area contributed by atoms with E-state index in [1.54, 1.807) is 11.8 Å². The maximum absolute atomic E-state index is 5.52. The van der Waals surface area contributed by atoms with Crippen LogP contribution in [0.1, 0.15) is 5.56 Å². The zero-order valence-corrected chi connectivity index (χ0v) is 9.41. The topological polar surface area (TPSA) is 26.0 Å². The van der Waals surface area contributed by atoms with Crippen LogP contribution in [0.5, 0.6) is 0 Å². The largest absolute Gasteiger partial charge is 0.330 e. The van der Waals surface area contributed by atoms with Crippen LogP contribution in [0.25, 0.3) is 0 Å². The maximum Gasteiger partial charge on any atom is 0.0218 e. The molecule has 1 aromatic rings. The average Bonchev–Trinajstić information content (AvgIpc) is 2.09. The minimum Gasteiger partial charge on any atom is -0.330 e. The van der Waals surface area contributed by atoms with E-state index < -0.39 is 0 Å². The Balaban J connectivity index is 3.02. The maximum atomic E-state index is 5.52. The number of nitrogens with two attached hydrogens (primary N) is 1. The monoisotopic (exact) mass is 245 g/mol. The lowest BCUT2D eigenvalue weighted by Crippen LogP contribution is -2.04. The number of hydrogen-bond donors (Lipinski definition) is 1. The summed E-state index contributed by atoms with van der Waals surface area (Å²) in [4.78, 5) is 1.31. The van der Waals surface area contributed by atoms with Gasteiger partial charge in [-0.25, -0.2) is 0 Å². The molecule has 0 spiro atoms. The SMILES string of the molecule is CSc1cccc(Br)c1CCN. The minimum absolute atomic E-state index is 0.705. The highest BCUT2D eigenvalue weighted by molar-refractivity contribution is 9.10. The van der Waals surface area contributed by atoms with E-state index in [0.29, 0.717) is 6.54 Å². The lowest BCUT2D eigenvalue weighted by molar-refractivity contribution is 0.938. The second-order valence-corrected chi connectivity index (χ2v) is 4.16. The molecule has 1 nitrogen and oxygen atoms in total. The molecule has 0 unspecified atom stereocenters. The van der Waals surface area contributed by atoms with Gasteiger partial charge in [0.05, 0.1) is 0 Å². The van der Waals surface area contributed by atoms with E-state index in [4.69, 9.17) is 5.73 Å². The first-order chi connectivity index (χ1) is 5.79. The van der Waals surface area contributed by atoms with Crippen LogP contribution >= 0.6 is 27.7 Å². The van der Waals surface area contributed by atoms with Gasteiger partial charge in [0.1, 0.15) is 0 Å². The van der Waals surface area contributed by atoms with Crippen LogP contribution in [0.4, 0.5) is 0 Å². The van der Waals surface area contributed by atoms with E-state index in [2.05, 4.69) is 40.4 Å². The van der Waals surface area contributed by atoms with Crippen molar-refractivity contribution in [2.75, 3.05) is 12.8 Å².